The summed E-state index contributed by atoms with van der Waals surface area (Å²) >= 11 is 0. The molecule has 1 aliphatic carbocycles. The van der Waals surface area contributed by atoms with Crippen LogP contribution in [0.3, 0.4) is 0 Å². The highest BCUT2D eigenvalue weighted by Crippen LogP contribution is 2.58. The number of nitrogens with one attached hydrogen (secondary N) is 2. The van der Waals surface area contributed by atoms with Crippen LogP contribution in [0.1, 0.15) is 19.3 Å². The van der Waals surface area contributed by atoms with Gasteiger partial charge in [-0.1, -0.05) is 0 Å². The molecule has 29 heavy (non-hydrogen) atoms. The zero-order valence-electron chi connectivity index (χ0n) is 16.4. The molecule has 1 aromatic heterocycles. The van der Waals surface area contributed by atoms with E-state index in [4.69, 9.17) is 4.74 Å². The Labute approximate surface area is 183 Å². The van der Waals surface area contributed by atoms with Crippen molar-refractivity contribution < 1.29 is 9.53 Å². The minimum Gasteiger partial charge on any atom is -0.378 e. The van der Waals surface area contributed by atoms with E-state index in [0.717, 1.165) is 75.1 Å². The van der Waals surface area contributed by atoms with Crippen LogP contribution in [-0.4, -0.2) is 50.3 Å². The lowest BCUT2D eigenvalue weighted by Gasteiger charge is -2.30. The second-order valence-corrected chi connectivity index (χ2v) is 8.01. The lowest BCUT2D eigenvalue weighted by molar-refractivity contribution is -0.118. The van der Waals surface area contributed by atoms with E-state index in [0.29, 0.717) is 0 Å². The standard InChI is InChI=1S/C21H26N4O2.2ClH/c26-20(17-13-21(17)4-7-22-8-5-21)24-18-1-2-19(25-9-11-27-12-10-25)15-3-6-23-14-16(15)18;;/h1-3,6,14,17,22H,4-5,7-13H2,(H,24,26);2*1H. The molecule has 0 bridgehead atoms. The van der Waals surface area contributed by atoms with Crippen LogP contribution in [0.4, 0.5) is 11.4 Å². The van der Waals surface area contributed by atoms with Gasteiger partial charge in [0.2, 0.25) is 5.91 Å². The third-order valence-corrected chi connectivity index (χ3v) is 6.51. The second-order valence-electron chi connectivity index (χ2n) is 8.01. The number of benzene rings is 1. The van der Waals surface area contributed by atoms with Gasteiger partial charge in [-0.05, 0) is 56.0 Å². The third kappa shape index (κ3) is 4.17. The predicted octanol–water partition coefficient (Wildman–Crippen LogP) is 3.24. The van der Waals surface area contributed by atoms with Crippen LogP contribution in [0, 0.1) is 11.3 Å². The van der Waals surface area contributed by atoms with Gasteiger partial charge in [0.15, 0.2) is 0 Å². The summed E-state index contributed by atoms with van der Waals surface area (Å²) in [7, 11) is 0. The summed E-state index contributed by atoms with van der Waals surface area (Å²) in [4.78, 5) is 19.6. The van der Waals surface area contributed by atoms with Crippen molar-refractivity contribution in [3.8, 4) is 0 Å². The summed E-state index contributed by atoms with van der Waals surface area (Å²) in [5.74, 6) is 0.325. The molecule has 2 N–H and O–H groups in total. The van der Waals surface area contributed by atoms with E-state index >= 15 is 0 Å². The van der Waals surface area contributed by atoms with Crippen LogP contribution < -0.4 is 15.5 Å². The fourth-order valence-electron chi connectivity index (χ4n) is 4.78. The van der Waals surface area contributed by atoms with Gasteiger partial charge in [-0.15, -0.1) is 24.8 Å². The van der Waals surface area contributed by atoms with E-state index in [1.54, 1.807) is 0 Å². The van der Waals surface area contributed by atoms with Crippen molar-refractivity contribution in [1.82, 2.24) is 10.3 Å². The van der Waals surface area contributed by atoms with Gasteiger partial charge in [0.05, 0.1) is 18.9 Å². The number of fused-ring (bicyclic) bond motifs is 1. The number of carbonyl (C=O) groups excluding carboxylic acids is 1. The van der Waals surface area contributed by atoms with Crippen molar-refractivity contribution >= 4 is 52.9 Å². The molecule has 8 heteroatoms. The number of amides is 1. The number of nitrogens with zero attached hydrogens (tertiary/aromatic N) is 2. The first kappa shape index (κ1) is 22.1. The quantitative estimate of drug-likeness (QED) is 0.769. The van der Waals surface area contributed by atoms with Gasteiger partial charge in [-0.3, -0.25) is 9.78 Å². The number of aromatic nitrogens is 1. The largest absolute Gasteiger partial charge is 0.378 e. The van der Waals surface area contributed by atoms with Gasteiger partial charge in [0, 0.05) is 47.9 Å². The number of rotatable bonds is 3. The molecule has 3 heterocycles. The molecule has 1 unspecified atom stereocenters. The first-order chi connectivity index (χ1) is 13.3. The van der Waals surface area contributed by atoms with E-state index in [9.17, 15) is 4.79 Å². The molecular formula is C21H28Cl2N4O2. The predicted molar refractivity (Wildman–Crippen MR) is 121 cm³/mol. The minimum atomic E-state index is 0. The number of pyridine rings is 1. The Morgan fingerprint density at radius 2 is 1.90 bits per heavy atom. The summed E-state index contributed by atoms with van der Waals surface area (Å²) in [5.41, 5.74) is 2.31. The maximum Gasteiger partial charge on any atom is 0.228 e. The van der Waals surface area contributed by atoms with Crippen molar-refractivity contribution in [2.45, 2.75) is 19.3 Å². The number of ether oxygens (including phenoxy) is 1. The number of carbonyl (C=O) groups is 1. The Balaban J connectivity index is 0.00000120. The molecule has 5 rings (SSSR count). The molecule has 2 aliphatic heterocycles. The number of halogens is 2. The number of anilines is 2. The maximum absolute atomic E-state index is 12.9. The van der Waals surface area contributed by atoms with Crippen molar-refractivity contribution in [1.29, 1.82) is 0 Å². The molecule has 1 aromatic carbocycles. The molecule has 3 fully saturated rings. The molecule has 158 valence electrons. The Morgan fingerprint density at radius 3 is 2.66 bits per heavy atom. The van der Waals surface area contributed by atoms with Crippen molar-refractivity contribution in [3.05, 3.63) is 30.6 Å². The lowest BCUT2D eigenvalue weighted by Crippen LogP contribution is -2.36. The second kappa shape index (κ2) is 9.04. The van der Waals surface area contributed by atoms with Crippen molar-refractivity contribution in [3.63, 3.8) is 0 Å². The highest BCUT2D eigenvalue weighted by Gasteiger charge is 2.57. The van der Waals surface area contributed by atoms with Gasteiger partial charge < -0.3 is 20.3 Å². The average Bonchev–Trinajstić information content (AvgIpc) is 3.42. The van der Waals surface area contributed by atoms with E-state index < -0.39 is 0 Å². The smallest absolute Gasteiger partial charge is 0.228 e. The minimum absolute atomic E-state index is 0. The Hall–Kier alpha value is -1.60. The highest BCUT2D eigenvalue weighted by atomic mass is 35.5. The van der Waals surface area contributed by atoms with E-state index in [1.807, 2.05) is 24.5 Å². The van der Waals surface area contributed by atoms with Crippen LogP contribution in [-0.2, 0) is 9.53 Å². The van der Waals surface area contributed by atoms with E-state index in [-0.39, 0.29) is 42.1 Å². The first-order valence-corrected chi connectivity index (χ1v) is 9.98. The topological polar surface area (TPSA) is 66.5 Å². The van der Waals surface area contributed by atoms with E-state index in [2.05, 4.69) is 26.6 Å². The number of hydrogen-bond acceptors (Lipinski definition) is 5. The Morgan fingerprint density at radius 1 is 1.14 bits per heavy atom. The van der Waals surface area contributed by atoms with Crippen LogP contribution >= 0.6 is 24.8 Å². The SMILES string of the molecule is Cl.Cl.O=C(Nc1ccc(N2CCOCC2)c2ccncc12)C1CC12CCNCC2. The molecule has 2 aromatic rings. The van der Waals surface area contributed by atoms with Crippen LogP contribution in [0.2, 0.25) is 0 Å². The molecule has 3 aliphatic rings. The van der Waals surface area contributed by atoms with Crippen molar-refractivity contribution in [2.75, 3.05) is 49.6 Å². The molecule has 0 radical (unpaired) electrons. The number of hydrogen-bond donors (Lipinski definition) is 2. The summed E-state index contributed by atoms with van der Waals surface area (Å²) < 4.78 is 5.48. The normalized spacial score (nSPS) is 22.5. The summed E-state index contributed by atoms with van der Waals surface area (Å²) in [6, 6.07) is 6.20. The molecule has 1 amide bonds. The van der Waals surface area contributed by atoms with Gasteiger partial charge in [0.1, 0.15) is 0 Å². The fraction of sp³-hybridized carbons (Fsp3) is 0.524. The van der Waals surface area contributed by atoms with Gasteiger partial charge >= 0.3 is 0 Å². The van der Waals surface area contributed by atoms with Crippen LogP contribution in [0.25, 0.3) is 10.8 Å². The average molecular weight is 439 g/mol. The molecular weight excluding hydrogens is 411 g/mol. The van der Waals surface area contributed by atoms with Crippen molar-refractivity contribution in [2.24, 2.45) is 11.3 Å². The molecule has 6 nitrogen and oxygen atoms in total. The zero-order valence-corrected chi connectivity index (χ0v) is 18.0. The summed E-state index contributed by atoms with van der Waals surface area (Å²) in [6.45, 7) is 5.35. The molecule has 1 atom stereocenters. The number of morpholine rings is 1. The molecule has 2 saturated heterocycles. The summed E-state index contributed by atoms with van der Waals surface area (Å²) in [6.07, 6.45) is 6.94. The third-order valence-electron chi connectivity index (χ3n) is 6.51. The molecule has 1 spiro atoms. The maximum atomic E-state index is 12.9. The first-order valence-electron chi connectivity index (χ1n) is 9.98. The lowest BCUT2D eigenvalue weighted by atomic mass is 9.91. The van der Waals surface area contributed by atoms with Gasteiger partial charge in [-0.25, -0.2) is 0 Å². The van der Waals surface area contributed by atoms with Crippen LogP contribution in [0.15, 0.2) is 30.6 Å². The summed E-state index contributed by atoms with van der Waals surface area (Å²) in [5, 5.41) is 8.75. The number of piperidine rings is 1. The highest BCUT2D eigenvalue weighted by molar-refractivity contribution is 6.07. The zero-order chi connectivity index (χ0) is 18.3. The van der Waals surface area contributed by atoms with Crippen LogP contribution in [0.5, 0.6) is 0 Å². The van der Waals surface area contributed by atoms with Gasteiger partial charge in [-0.2, -0.15) is 0 Å². The molecule has 1 saturated carbocycles. The van der Waals surface area contributed by atoms with E-state index in [1.165, 1.54) is 5.69 Å². The monoisotopic (exact) mass is 438 g/mol. The van der Waals surface area contributed by atoms with Gasteiger partial charge in [0.25, 0.3) is 0 Å². The Kier molecular flexibility index (Phi) is 6.89. The Bertz CT molecular complexity index is 867. The fourth-order valence-corrected chi connectivity index (χ4v) is 4.78.